The lowest BCUT2D eigenvalue weighted by molar-refractivity contribution is -0.118. The lowest BCUT2D eigenvalue weighted by Crippen LogP contribution is -2.50. The Hall–Kier alpha value is -2.89. The predicted octanol–water partition coefficient (Wildman–Crippen LogP) is 3.51. The van der Waals surface area contributed by atoms with Gasteiger partial charge in [-0.05, 0) is 41.8 Å². The second kappa shape index (κ2) is 6.55. The number of hydrogen-bond acceptors (Lipinski definition) is 3. The first-order valence-corrected chi connectivity index (χ1v) is 8.06. The topological polar surface area (TPSA) is 69.6 Å². The summed E-state index contributed by atoms with van der Waals surface area (Å²) in [5.41, 5.74) is 2.22. The zero-order chi connectivity index (χ0) is 18.1. The first kappa shape index (κ1) is 17.0. The van der Waals surface area contributed by atoms with Crippen molar-refractivity contribution in [2.24, 2.45) is 5.92 Å². The predicted molar refractivity (Wildman–Crippen MR) is 93.2 cm³/mol. The molecule has 0 saturated heterocycles. The number of aromatic carboxylic acids is 1. The molecule has 0 unspecified atom stereocenters. The van der Waals surface area contributed by atoms with Gasteiger partial charge >= 0.3 is 5.97 Å². The average Bonchev–Trinajstić information content (AvgIpc) is 2.55. The zero-order valence-corrected chi connectivity index (χ0v) is 14.0. The molecule has 1 heterocycles. The van der Waals surface area contributed by atoms with Gasteiger partial charge in [0.05, 0.1) is 16.9 Å². The lowest BCUT2D eigenvalue weighted by Gasteiger charge is -2.40. The molecule has 25 heavy (non-hydrogen) atoms. The number of nitrogens with zero attached hydrogens (tertiary/aromatic N) is 1. The second-order valence-electron chi connectivity index (χ2n) is 6.47. The van der Waals surface area contributed by atoms with Crippen LogP contribution in [0, 0.1) is 11.7 Å². The van der Waals surface area contributed by atoms with Crippen molar-refractivity contribution >= 4 is 23.3 Å². The Morgan fingerprint density at radius 2 is 1.92 bits per heavy atom. The number of fused-ring (bicyclic) bond motifs is 1. The van der Waals surface area contributed by atoms with Crippen molar-refractivity contribution in [2.75, 3.05) is 10.2 Å². The smallest absolute Gasteiger partial charge is 0.335 e. The minimum Gasteiger partial charge on any atom is -0.478 e. The van der Waals surface area contributed by atoms with Gasteiger partial charge in [-0.1, -0.05) is 26.0 Å². The number of hydrogen-bond donors (Lipinski definition) is 2. The molecule has 0 fully saturated rings. The summed E-state index contributed by atoms with van der Waals surface area (Å²) in [6, 6.07) is 10.4. The summed E-state index contributed by atoms with van der Waals surface area (Å²) >= 11 is 0. The third-order valence-electron chi connectivity index (χ3n) is 4.31. The maximum absolute atomic E-state index is 13.2. The minimum absolute atomic E-state index is 0.0488. The molecule has 2 aromatic rings. The second-order valence-corrected chi connectivity index (χ2v) is 6.47. The van der Waals surface area contributed by atoms with Gasteiger partial charge < -0.3 is 15.3 Å². The number of carboxylic acid groups (broad SMARTS) is 1. The number of nitrogens with one attached hydrogen (secondary N) is 1. The summed E-state index contributed by atoms with van der Waals surface area (Å²) in [5, 5.41) is 12.0. The Balaban J connectivity index is 2.03. The van der Waals surface area contributed by atoms with E-state index < -0.39 is 12.0 Å². The van der Waals surface area contributed by atoms with Gasteiger partial charge in [0, 0.05) is 6.54 Å². The molecule has 3 rings (SSSR count). The molecule has 130 valence electrons. The van der Waals surface area contributed by atoms with Crippen LogP contribution in [0.1, 0.15) is 29.8 Å². The molecule has 0 spiro atoms. The fourth-order valence-corrected chi connectivity index (χ4v) is 3.15. The van der Waals surface area contributed by atoms with Crippen molar-refractivity contribution in [1.82, 2.24) is 0 Å². The van der Waals surface area contributed by atoms with Gasteiger partial charge in [-0.2, -0.15) is 0 Å². The Kier molecular flexibility index (Phi) is 4.44. The van der Waals surface area contributed by atoms with Crippen LogP contribution < -0.4 is 10.2 Å². The van der Waals surface area contributed by atoms with Crippen molar-refractivity contribution in [3.63, 3.8) is 0 Å². The molecule has 2 N–H and O–H groups in total. The fourth-order valence-electron chi connectivity index (χ4n) is 3.15. The van der Waals surface area contributed by atoms with Gasteiger partial charge in [-0.3, -0.25) is 4.79 Å². The van der Waals surface area contributed by atoms with Crippen LogP contribution in [-0.4, -0.2) is 23.0 Å². The number of rotatable bonds is 4. The molecule has 0 bridgehead atoms. The summed E-state index contributed by atoms with van der Waals surface area (Å²) in [6.45, 7) is 4.34. The molecule has 6 heteroatoms. The quantitative estimate of drug-likeness (QED) is 0.892. The molecule has 1 amide bonds. The van der Waals surface area contributed by atoms with Crippen LogP contribution in [0.15, 0.2) is 42.5 Å². The third kappa shape index (κ3) is 3.33. The standard InChI is InChI=1S/C19H19FN2O3/c1-11(2)17-18(23)21-15-9-13(19(24)25)5-8-16(15)22(17)10-12-3-6-14(20)7-4-12/h3-9,11,17H,10H2,1-2H3,(H,21,23)(H,24,25)/t17-/m0/s1. The Labute approximate surface area is 145 Å². The number of halogens is 1. The summed E-state index contributed by atoms with van der Waals surface area (Å²) in [5.74, 6) is -1.49. The Morgan fingerprint density at radius 1 is 1.24 bits per heavy atom. The SMILES string of the molecule is CC(C)[C@H]1C(=O)Nc2cc(C(=O)O)ccc2N1Cc1ccc(F)cc1. The molecule has 0 saturated carbocycles. The minimum atomic E-state index is -1.05. The van der Waals surface area contributed by atoms with Gasteiger partial charge in [0.15, 0.2) is 0 Å². The zero-order valence-electron chi connectivity index (χ0n) is 14.0. The fraction of sp³-hybridized carbons (Fsp3) is 0.263. The monoisotopic (exact) mass is 342 g/mol. The van der Waals surface area contributed by atoms with Crippen LogP contribution in [0.25, 0.3) is 0 Å². The van der Waals surface area contributed by atoms with Gasteiger partial charge in [0.25, 0.3) is 0 Å². The molecular formula is C19H19FN2O3. The van der Waals surface area contributed by atoms with Crippen molar-refractivity contribution < 1.29 is 19.1 Å². The number of anilines is 2. The van der Waals surface area contributed by atoms with Gasteiger partial charge in [0.2, 0.25) is 5.91 Å². The molecule has 0 aromatic heterocycles. The third-order valence-corrected chi connectivity index (χ3v) is 4.31. The van der Waals surface area contributed by atoms with Gasteiger partial charge in [-0.15, -0.1) is 0 Å². The first-order chi connectivity index (χ1) is 11.9. The van der Waals surface area contributed by atoms with E-state index in [2.05, 4.69) is 5.32 Å². The summed E-state index contributed by atoms with van der Waals surface area (Å²) in [6.07, 6.45) is 0. The van der Waals surface area contributed by atoms with Crippen LogP contribution in [-0.2, 0) is 11.3 Å². The summed E-state index contributed by atoms with van der Waals surface area (Å²) in [4.78, 5) is 25.7. The molecule has 2 aromatic carbocycles. The summed E-state index contributed by atoms with van der Waals surface area (Å²) < 4.78 is 13.2. The van der Waals surface area contributed by atoms with Crippen LogP contribution >= 0.6 is 0 Å². The first-order valence-electron chi connectivity index (χ1n) is 8.06. The highest BCUT2D eigenvalue weighted by molar-refractivity contribution is 6.05. The maximum atomic E-state index is 13.2. The van der Waals surface area contributed by atoms with Gasteiger partial charge in [-0.25, -0.2) is 9.18 Å². The molecule has 0 radical (unpaired) electrons. The van der Waals surface area contributed by atoms with E-state index in [0.717, 1.165) is 11.3 Å². The maximum Gasteiger partial charge on any atom is 0.335 e. The molecule has 1 atom stereocenters. The molecule has 0 aliphatic carbocycles. The van der Waals surface area contributed by atoms with Crippen molar-refractivity contribution in [1.29, 1.82) is 0 Å². The Bertz CT molecular complexity index is 818. The van der Waals surface area contributed by atoms with E-state index in [1.807, 2.05) is 18.7 Å². The number of benzene rings is 2. The van der Waals surface area contributed by atoms with E-state index in [0.29, 0.717) is 12.2 Å². The van der Waals surface area contributed by atoms with Gasteiger partial charge in [0.1, 0.15) is 11.9 Å². The lowest BCUT2D eigenvalue weighted by atomic mass is 9.96. The van der Waals surface area contributed by atoms with Crippen molar-refractivity contribution in [3.05, 3.63) is 59.4 Å². The van der Waals surface area contributed by atoms with Crippen LogP contribution in [0.4, 0.5) is 15.8 Å². The van der Waals surface area contributed by atoms with E-state index >= 15 is 0 Å². The molecule has 1 aliphatic rings. The molecular weight excluding hydrogens is 323 g/mol. The average molecular weight is 342 g/mol. The highest BCUT2D eigenvalue weighted by Crippen LogP contribution is 2.36. The largest absolute Gasteiger partial charge is 0.478 e. The van der Waals surface area contributed by atoms with E-state index in [1.165, 1.54) is 24.3 Å². The van der Waals surface area contributed by atoms with E-state index in [9.17, 15) is 14.0 Å². The van der Waals surface area contributed by atoms with E-state index in [-0.39, 0.29) is 23.2 Å². The van der Waals surface area contributed by atoms with Crippen LogP contribution in [0.2, 0.25) is 0 Å². The molecule has 1 aliphatic heterocycles. The van der Waals surface area contributed by atoms with Crippen LogP contribution in [0.3, 0.4) is 0 Å². The highest BCUT2D eigenvalue weighted by atomic mass is 19.1. The number of carbonyl (C=O) groups excluding carboxylic acids is 1. The van der Waals surface area contributed by atoms with Crippen LogP contribution in [0.5, 0.6) is 0 Å². The highest BCUT2D eigenvalue weighted by Gasteiger charge is 2.35. The molecule has 5 nitrogen and oxygen atoms in total. The number of carbonyl (C=O) groups is 2. The van der Waals surface area contributed by atoms with Crippen molar-refractivity contribution in [2.45, 2.75) is 26.4 Å². The normalized spacial score (nSPS) is 16.6. The number of amides is 1. The van der Waals surface area contributed by atoms with E-state index in [1.54, 1.807) is 18.2 Å². The summed E-state index contributed by atoms with van der Waals surface area (Å²) in [7, 11) is 0. The van der Waals surface area contributed by atoms with E-state index in [4.69, 9.17) is 5.11 Å². The number of carboxylic acids is 1. The van der Waals surface area contributed by atoms with Crippen molar-refractivity contribution in [3.8, 4) is 0 Å². The Morgan fingerprint density at radius 3 is 2.52 bits per heavy atom.